The molecule has 0 spiro atoms. The molecular formula is C23H23N8O3+. The van der Waals surface area contributed by atoms with E-state index in [0.717, 1.165) is 5.56 Å². The van der Waals surface area contributed by atoms with Crippen LogP contribution in [0.15, 0.2) is 59.7 Å². The van der Waals surface area contributed by atoms with E-state index in [9.17, 15) is 9.90 Å². The SMILES string of the molecule is COc1cc(-c2c(-c3ccccc3)[nH+]c(N)n3c(=O)n(Cc4nccn4C)nc23)cc(CO)n1. The van der Waals surface area contributed by atoms with E-state index in [-0.39, 0.29) is 19.1 Å². The predicted octanol–water partition coefficient (Wildman–Crippen LogP) is 0.904. The Morgan fingerprint density at radius 2 is 1.97 bits per heavy atom. The summed E-state index contributed by atoms with van der Waals surface area (Å²) in [7, 11) is 3.35. The summed E-state index contributed by atoms with van der Waals surface area (Å²) >= 11 is 0. The molecule has 4 aromatic heterocycles. The van der Waals surface area contributed by atoms with E-state index in [1.165, 1.54) is 16.2 Å². The van der Waals surface area contributed by atoms with Crippen LogP contribution in [0.4, 0.5) is 5.95 Å². The van der Waals surface area contributed by atoms with Crippen molar-refractivity contribution in [3.63, 3.8) is 0 Å². The first-order valence-electron chi connectivity index (χ1n) is 10.5. The maximum absolute atomic E-state index is 13.3. The van der Waals surface area contributed by atoms with E-state index in [2.05, 4.69) is 20.1 Å². The highest BCUT2D eigenvalue weighted by atomic mass is 16.5. The van der Waals surface area contributed by atoms with Crippen LogP contribution in [-0.2, 0) is 20.2 Å². The van der Waals surface area contributed by atoms with Crippen LogP contribution < -0.4 is 21.1 Å². The van der Waals surface area contributed by atoms with E-state index < -0.39 is 5.69 Å². The Hall–Kier alpha value is -4.51. The number of aryl methyl sites for hydroxylation is 1. The molecule has 0 saturated heterocycles. The van der Waals surface area contributed by atoms with Gasteiger partial charge in [0.15, 0.2) is 0 Å². The zero-order valence-corrected chi connectivity index (χ0v) is 18.6. The van der Waals surface area contributed by atoms with Crippen molar-refractivity contribution >= 4 is 11.6 Å². The van der Waals surface area contributed by atoms with Crippen molar-refractivity contribution in [3.8, 4) is 28.3 Å². The number of aromatic nitrogens is 7. The maximum atomic E-state index is 13.3. The zero-order valence-electron chi connectivity index (χ0n) is 18.6. The number of nitrogen functional groups attached to an aromatic ring is 1. The van der Waals surface area contributed by atoms with Crippen molar-refractivity contribution in [2.24, 2.45) is 7.05 Å². The highest BCUT2D eigenvalue weighted by Gasteiger charge is 2.26. The number of fused-ring (bicyclic) bond motifs is 1. The van der Waals surface area contributed by atoms with Crippen LogP contribution in [0.1, 0.15) is 11.5 Å². The summed E-state index contributed by atoms with van der Waals surface area (Å²) in [6.45, 7) is -0.106. The van der Waals surface area contributed by atoms with Crippen molar-refractivity contribution in [1.29, 1.82) is 0 Å². The number of H-pyrrole nitrogens is 1. The Bertz CT molecular complexity index is 1530. The van der Waals surface area contributed by atoms with Crippen LogP contribution in [0.2, 0.25) is 0 Å². The lowest BCUT2D eigenvalue weighted by Crippen LogP contribution is -2.28. The summed E-state index contributed by atoms with van der Waals surface area (Å²) in [5, 5.41) is 14.4. The van der Waals surface area contributed by atoms with Crippen LogP contribution in [-0.4, -0.2) is 40.9 Å². The molecule has 0 saturated carbocycles. The van der Waals surface area contributed by atoms with Crippen LogP contribution in [0, 0.1) is 0 Å². The minimum absolute atomic E-state index is 0.136. The standard InChI is InChI=1S/C23H22N8O3/c1-29-9-8-25-17(29)12-30-23(33)31-21(28-30)19(15-10-16(13-32)26-18(11-15)34-2)20(27-22(31)24)14-6-4-3-5-7-14/h3-11,32H,12-13H2,1-2H3,(H2,24,27)/p+1. The minimum atomic E-state index is -0.406. The topological polar surface area (TPSA) is 140 Å². The van der Waals surface area contributed by atoms with Crippen molar-refractivity contribution in [1.82, 2.24) is 28.7 Å². The quantitative estimate of drug-likeness (QED) is 0.385. The molecule has 0 aliphatic carbocycles. The number of imidazole rings is 1. The summed E-state index contributed by atoms with van der Waals surface area (Å²) in [6, 6.07) is 13.1. The van der Waals surface area contributed by atoms with Gasteiger partial charge in [0.1, 0.15) is 18.1 Å². The van der Waals surface area contributed by atoms with Gasteiger partial charge in [-0.15, -0.1) is 9.50 Å². The molecular weight excluding hydrogens is 436 g/mol. The first-order valence-corrected chi connectivity index (χ1v) is 10.5. The Kier molecular flexibility index (Phi) is 5.30. The predicted molar refractivity (Wildman–Crippen MR) is 124 cm³/mol. The number of aromatic amines is 1. The fourth-order valence-corrected chi connectivity index (χ4v) is 3.92. The fourth-order valence-electron chi connectivity index (χ4n) is 3.92. The van der Waals surface area contributed by atoms with Gasteiger partial charge in [0.2, 0.25) is 11.5 Å². The molecule has 11 heteroatoms. The molecule has 1 aromatic carbocycles. The summed E-state index contributed by atoms with van der Waals surface area (Å²) < 4.78 is 9.83. The summed E-state index contributed by atoms with van der Waals surface area (Å²) in [4.78, 5) is 25.1. The molecule has 0 unspecified atom stereocenters. The van der Waals surface area contributed by atoms with Crippen molar-refractivity contribution in [2.45, 2.75) is 13.2 Å². The maximum Gasteiger partial charge on any atom is 0.411 e. The van der Waals surface area contributed by atoms with Gasteiger partial charge in [-0.25, -0.2) is 19.7 Å². The van der Waals surface area contributed by atoms with E-state index in [0.29, 0.717) is 39.9 Å². The van der Waals surface area contributed by atoms with Gasteiger partial charge in [-0.1, -0.05) is 30.3 Å². The number of pyridine rings is 1. The third-order valence-electron chi connectivity index (χ3n) is 5.60. The molecule has 0 bridgehead atoms. The second kappa shape index (κ2) is 8.45. The molecule has 5 rings (SSSR count). The second-order valence-corrected chi connectivity index (χ2v) is 7.73. The van der Waals surface area contributed by atoms with Gasteiger partial charge in [0, 0.05) is 31.1 Å². The first kappa shape index (κ1) is 21.3. The number of nitrogens with one attached hydrogen (secondary N) is 1. The lowest BCUT2D eigenvalue weighted by atomic mass is 10.00. The first-order chi connectivity index (χ1) is 16.5. The summed E-state index contributed by atoms with van der Waals surface area (Å²) in [5.74, 6) is 1.13. The Balaban J connectivity index is 1.84. The summed E-state index contributed by atoms with van der Waals surface area (Å²) in [5.41, 5.74) is 9.47. The smallest absolute Gasteiger partial charge is 0.411 e. The second-order valence-electron chi connectivity index (χ2n) is 7.73. The largest absolute Gasteiger partial charge is 0.481 e. The molecule has 0 aliphatic rings. The number of ether oxygens (including phenoxy) is 1. The number of methoxy groups -OCH3 is 1. The van der Waals surface area contributed by atoms with E-state index in [4.69, 9.17) is 10.5 Å². The number of rotatable bonds is 6. The summed E-state index contributed by atoms with van der Waals surface area (Å²) in [6.07, 6.45) is 3.47. The van der Waals surface area contributed by atoms with Gasteiger partial charge in [-0.05, 0) is 11.6 Å². The average Bonchev–Trinajstić information content (AvgIpc) is 3.41. The number of hydrogen-bond donors (Lipinski definition) is 2. The lowest BCUT2D eigenvalue weighted by molar-refractivity contribution is -0.351. The molecule has 0 fully saturated rings. The van der Waals surface area contributed by atoms with Gasteiger partial charge in [0.25, 0.3) is 0 Å². The van der Waals surface area contributed by atoms with Gasteiger partial charge in [-0.2, -0.15) is 4.68 Å². The van der Waals surface area contributed by atoms with Gasteiger partial charge in [-0.3, -0.25) is 5.73 Å². The van der Waals surface area contributed by atoms with Gasteiger partial charge in [0.05, 0.1) is 25.0 Å². The monoisotopic (exact) mass is 459 g/mol. The normalized spacial score (nSPS) is 11.3. The molecule has 0 amide bonds. The van der Waals surface area contributed by atoms with Crippen LogP contribution in [0.25, 0.3) is 28.0 Å². The molecule has 0 atom stereocenters. The number of aliphatic hydroxyl groups excluding tert-OH is 1. The fraction of sp³-hybridized carbons (Fsp3) is 0.174. The Morgan fingerprint density at radius 1 is 1.18 bits per heavy atom. The van der Waals surface area contributed by atoms with Crippen molar-refractivity contribution < 1.29 is 14.8 Å². The molecule has 5 aromatic rings. The van der Waals surface area contributed by atoms with Gasteiger partial charge < -0.3 is 14.4 Å². The van der Waals surface area contributed by atoms with E-state index in [1.54, 1.807) is 24.5 Å². The number of hydrogen-bond acceptors (Lipinski definition) is 7. The average molecular weight is 459 g/mol. The number of benzene rings is 1. The van der Waals surface area contributed by atoms with Crippen LogP contribution in [0.3, 0.4) is 0 Å². The number of nitrogens with zero attached hydrogens (tertiary/aromatic N) is 6. The van der Waals surface area contributed by atoms with Crippen molar-refractivity contribution in [2.75, 3.05) is 12.8 Å². The Labute approximate surface area is 193 Å². The van der Waals surface area contributed by atoms with E-state index in [1.807, 2.05) is 41.9 Å². The molecule has 172 valence electrons. The third kappa shape index (κ3) is 3.57. The molecule has 4 N–H and O–H groups in total. The molecule has 4 heterocycles. The van der Waals surface area contributed by atoms with Gasteiger partial charge >= 0.3 is 11.6 Å². The molecule has 0 radical (unpaired) electrons. The molecule has 0 aliphatic heterocycles. The minimum Gasteiger partial charge on any atom is -0.481 e. The third-order valence-corrected chi connectivity index (χ3v) is 5.60. The zero-order chi connectivity index (χ0) is 23.8. The lowest BCUT2D eigenvalue weighted by Gasteiger charge is -2.11. The van der Waals surface area contributed by atoms with Crippen molar-refractivity contribution in [3.05, 3.63) is 76.9 Å². The highest BCUT2D eigenvalue weighted by molar-refractivity contribution is 5.89. The number of aliphatic hydroxyl groups is 1. The van der Waals surface area contributed by atoms with Crippen LogP contribution >= 0.6 is 0 Å². The van der Waals surface area contributed by atoms with Crippen LogP contribution in [0.5, 0.6) is 5.88 Å². The Morgan fingerprint density at radius 3 is 2.65 bits per heavy atom. The highest BCUT2D eigenvalue weighted by Crippen LogP contribution is 2.34. The van der Waals surface area contributed by atoms with E-state index >= 15 is 0 Å². The number of anilines is 1. The number of nitrogens with two attached hydrogens (primary N) is 1. The molecule has 34 heavy (non-hydrogen) atoms. The molecule has 11 nitrogen and oxygen atoms in total.